The van der Waals surface area contributed by atoms with Crippen LogP contribution in [0.15, 0.2) is 24.3 Å². The van der Waals surface area contributed by atoms with Crippen LogP contribution in [0.25, 0.3) is 0 Å². The quantitative estimate of drug-likeness (QED) is 0.896. The molecule has 1 amide bonds. The van der Waals surface area contributed by atoms with Gasteiger partial charge >= 0.3 is 0 Å². The van der Waals surface area contributed by atoms with Crippen LogP contribution in [0.5, 0.6) is 0 Å². The molecule has 0 spiro atoms. The molecule has 20 heavy (non-hydrogen) atoms. The van der Waals surface area contributed by atoms with Gasteiger partial charge in [-0.15, -0.1) is 0 Å². The topological polar surface area (TPSA) is 56.1 Å². The highest BCUT2D eigenvalue weighted by molar-refractivity contribution is 5.90. The first kappa shape index (κ1) is 14.5. The van der Waals surface area contributed by atoms with Gasteiger partial charge in [-0.25, -0.2) is 0 Å². The molecule has 4 nitrogen and oxygen atoms in total. The van der Waals surface area contributed by atoms with Gasteiger partial charge in [0.1, 0.15) is 0 Å². The van der Waals surface area contributed by atoms with Crippen molar-refractivity contribution in [1.29, 1.82) is 5.26 Å². The molecule has 1 aromatic carbocycles. The minimum Gasteiger partial charge on any atom is -0.326 e. The Hall–Kier alpha value is -1.86. The third kappa shape index (κ3) is 3.82. The zero-order valence-electron chi connectivity index (χ0n) is 11.9. The monoisotopic (exact) mass is 271 g/mol. The van der Waals surface area contributed by atoms with Crippen molar-refractivity contribution in [3.05, 3.63) is 29.8 Å². The second kappa shape index (κ2) is 7.06. The molecule has 4 heteroatoms. The van der Waals surface area contributed by atoms with Gasteiger partial charge in [-0.05, 0) is 50.1 Å². The molecule has 0 aliphatic carbocycles. The Kier molecular flexibility index (Phi) is 5.14. The molecular formula is C16H21N3O. The molecule has 1 saturated heterocycles. The summed E-state index contributed by atoms with van der Waals surface area (Å²) in [4.78, 5) is 14.3. The smallest absolute Gasteiger partial charge is 0.225 e. The van der Waals surface area contributed by atoms with Crippen LogP contribution in [0.1, 0.15) is 38.2 Å². The van der Waals surface area contributed by atoms with Gasteiger partial charge in [0.2, 0.25) is 5.91 Å². The van der Waals surface area contributed by atoms with Crippen molar-refractivity contribution >= 4 is 11.6 Å². The average Bonchev–Trinajstić information content (AvgIpc) is 2.93. The molecule has 0 saturated carbocycles. The number of nitrogens with zero attached hydrogens (tertiary/aromatic N) is 2. The van der Waals surface area contributed by atoms with Crippen LogP contribution in [0.3, 0.4) is 0 Å². The minimum absolute atomic E-state index is 0.0384. The zero-order chi connectivity index (χ0) is 14.4. The Bertz CT molecular complexity index is 489. The van der Waals surface area contributed by atoms with E-state index in [2.05, 4.69) is 23.2 Å². The molecule has 1 fully saturated rings. The summed E-state index contributed by atoms with van der Waals surface area (Å²) in [5.74, 6) is 0.0384. The number of carbonyl (C=O) groups is 1. The lowest BCUT2D eigenvalue weighted by atomic mass is 10.1. The number of nitrogens with one attached hydrogen (secondary N) is 1. The highest BCUT2D eigenvalue weighted by atomic mass is 16.1. The normalized spacial score (nSPS) is 18.7. The summed E-state index contributed by atoms with van der Waals surface area (Å²) in [6.45, 7) is 4.16. The lowest BCUT2D eigenvalue weighted by molar-refractivity contribution is -0.116. The molecule has 1 N–H and O–H groups in total. The molecule has 0 bridgehead atoms. The van der Waals surface area contributed by atoms with E-state index in [-0.39, 0.29) is 5.91 Å². The van der Waals surface area contributed by atoms with E-state index in [9.17, 15) is 4.79 Å². The Morgan fingerprint density at radius 3 is 2.85 bits per heavy atom. The summed E-state index contributed by atoms with van der Waals surface area (Å²) in [5, 5.41) is 11.6. The van der Waals surface area contributed by atoms with Crippen LogP contribution < -0.4 is 5.32 Å². The van der Waals surface area contributed by atoms with Crippen molar-refractivity contribution in [3.63, 3.8) is 0 Å². The van der Waals surface area contributed by atoms with E-state index in [4.69, 9.17) is 5.26 Å². The van der Waals surface area contributed by atoms with Crippen LogP contribution in [-0.4, -0.2) is 29.9 Å². The van der Waals surface area contributed by atoms with E-state index >= 15 is 0 Å². The van der Waals surface area contributed by atoms with Gasteiger partial charge in [0.15, 0.2) is 0 Å². The predicted molar refractivity (Wildman–Crippen MR) is 79.3 cm³/mol. The van der Waals surface area contributed by atoms with Crippen LogP contribution in [0.4, 0.5) is 5.69 Å². The van der Waals surface area contributed by atoms with Gasteiger partial charge in [0.25, 0.3) is 0 Å². The van der Waals surface area contributed by atoms with Crippen LogP contribution in [0.2, 0.25) is 0 Å². The van der Waals surface area contributed by atoms with Gasteiger partial charge in [-0.1, -0.05) is 6.92 Å². The molecule has 1 aromatic rings. The van der Waals surface area contributed by atoms with Gasteiger partial charge in [0, 0.05) is 24.7 Å². The van der Waals surface area contributed by atoms with Gasteiger partial charge < -0.3 is 5.32 Å². The van der Waals surface area contributed by atoms with E-state index < -0.39 is 0 Å². The van der Waals surface area contributed by atoms with Crippen molar-refractivity contribution in [2.24, 2.45) is 0 Å². The number of hydrogen-bond donors (Lipinski definition) is 1. The summed E-state index contributed by atoms with van der Waals surface area (Å²) < 4.78 is 0. The standard InChI is InChI=1S/C16H21N3O/c1-2-15-4-3-10-19(15)11-9-16(20)18-14-7-5-13(12-17)6-8-14/h5-8,15H,2-4,9-11H2,1H3,(H,18,20). The Balaban J connectivity index is 1.79. The third-order valence-electron chi connectivity index (χ3n) is 3.89. The van der Waals surface area contributed by atoms with Crippen LogP contribution >= 0.6 is 0 Å². The van der Waals surface area contributed by atoms with Gasteiger partial charge in [-0.3, -0.25) is 9.69 Å². The van der Waals surface area contributed by atoms with Crippen molar-refractivity contribution in [2.75, 3.05) is 18.4 Å². The molecule has 106 valence electrons. The number of benzene rings is 1. The Morgan fingerprint density at radius 2 is 2.20 bits per heavy atom. The fourth-order valence-corrected chi connectivity index (χ4v) is 2.75. The van der Waals surface area contributed by atoms with Crippen LogP contribution in [0, 0.1) is 11.3 Å². The van der Waals surface area contributed by atoms with E-state index in [0.29, 0.717) is 18.0 Å². The molecule has 0 aromatic heterocycles. The number of nitriles is 1. The molecule has 1 aliphatic heterocycles. The maximum atomic E-state index is 11.9. The van der Waals surface area contributed by atoms with E-state index in [1.165, 1.54) is 12.8 Å². The summed E-state index contributed by atoms with van der Waals surface area (Å²) in [6.07, 6.45) is 4.19. The Labute approximate surface area is 120 Å². The number of carbonyl (C=O) groups excluding carboxylic acids is 1. The summed E-state index contributed by atoms with van der Waals surface area (Å²) in [6, 6.07) is 9.67. The van der Waals surface area contributed by atoms with Crippen molar-refractivity contribution < 1.29 is 4.79 Å². The summed E-state index contributed by atoms with van der Waals surface area (Å²) in [5.41, 5.74) is 1.35. The summed E-state index contributed by atoms with van der Waals surface area (Å²) in [7, 11) is 0. The number of hydrogen-bond acceptors (Lipinski definition) is 3. The van der Waals surface area contributed by atoms with Gasteiger partial charge in [-0.2, -0.15) is 5.26 Å². The molecule has 0 radical (unpaired) electrons. The fourth-order valence-electron chi connectivity index (χ4n) is 2.75. The highest BCUT2D eigenvalue weighted by Gasteiger charge is 2.22. The molecular weight excluding hydrogens is 250 g/mol. The molecule has 1 aliphatic rings. The lowest BCUT2D eigenvalue weighted by Gasteiger charge is -2.22. The van der Waals surface area contributed by atoms with E-state index in [1.807, 2.05) is 0 Å². The SMILES string of the molecule is CCC1CCCN1CCC(=O)Nc1ccc(C#N)cc1. The third-order valence-corrected chi connectivity index (χ3v) is 3.89. The highest BCUT2D eigenvalue weighted by Crippen LogP contribution is 2.19. The molecule has 1 heterocycles. The first-order valence-electron chi connectivity index (χ1n) is 7.27. The maximum absolute atomic E-state index is 11.9. The van der Waals surface area contributed by atoms with Crippen LogP contribution in [-0.2, 0) is 4.79 Å². The van der Waals surface area contributed by atoms with Crippen molar-refractivity contribution in [2.45, 2.75) is 38.6 Å². The fraction of sp³-hybridized carbons (Fsp3) is 0.500. The second-order valence-corrected chi connectivity index (χ2v) is 5.23. The van der Waals surface area contributed by atoms with Crippen molar-refractivity contribution in [3.8, 4) is 6.07 Å². The number of rotatable bonds is 5. The van der Waals surface area contributed by atoms with E-state index in [1.54, 1.807) is 24.3 Å². The molecule has 2 rings (SSSR count). The van der Waals surface area contributed by atoms with Crippen molar-refractivity contribution in [1.82, 2.24) is 4.90 Å². The van der Waals surface area contributed by atoms with E-state index in [0.717, 1.165) is 25.2 Å². The number of anilines is 1. The lowest BCUT2D eigenvalue weighted by Crippen LogP contribution is -2.31. The van der Waals surface area contributed by atoms with Gasteiger partial charge in [0.05, 0.1) is 11.6 Å². The average molecular weight is 271 g/mol. The largest absolute Gasteiger partial charge is 0.326 e. The molecule has 1 unspecified atom stereocenters. The minimum atomic E-state index is 0.0384. The zero-order valence-corrected chi connectivity index (χ0v) is 11.9. The maximum Gasteiger partial charge on any atom is 0.225 e. The molecule has 1 atom stereocenters. The first-order valence-corrected chi connectivity index (χ1v) is 7.27. The first-order chi connectivity index (χ1) is 9.72. The predicted octanol–water partition coefficient (Wildman–Crippen LogP) is 2.76. The number of likely N-dealkylation sites (tertiary alicyclic amines) is 1. The summed E-state index contributed by atoms with van der Waals surface area (Å²) >= 11 is 0. The number of amides is 1. The Morgan fingerprint density at radius 1 is 1.45 bits per heavy atom. The second-order valence-electron chi connectivity index (χ2n) is 5.23.